The van der Waals surface area contributed by atoms with Crippen LogP contribution in [0.2, 0.25) is 0 Å². The maximum Gasteiger partial charge on any atom is 0.224 e. The molecule has 4 heteroatoms. The molecule has 19 heavy (non-hydrogen) atoms. The minimum atomic E-state index is 0.172. The average molecular weight is 258 g/mol. The first-order valence-electron chi connectivity index (χ1n) is 6.63. The molecule has 1 aromatic heterocycles. The number of hydrogen-bond donors (Lipinski definition) is 2. The largest absolute Gasteiger partial charge is 0.366 e. The minimum absolute atomic E-state index is 0.172. The third kappa shape index (κ3) is 2.95. The highest BCUT2D eigenvalue weighted by molar-refractivity contribution is 5.90. The molecule has 2 aromatic rings. The van der Waals surface area contributed by atoms with Crippen LogP contribution in [0.15, 0.2) is 24.3 Å². The SMILES string of the molecule is CNc1nc(NC(C)C(C)(C)C)c2ccccc2n1. The molecule has 1 heterocycles. The molecule has 0 amide bonds. The number of nitrogens with zero attached hydrogens (tertiary/aromatic N) is 2. The zero-order chi connectivity index (χ0) is 14.0. The molecule has 0 saturated carbocycles. The van der Waals surface area contributed by atoms with Crippen molar-refractivity contribution in [3.8, 4) is 0 Å². The first-order valence-corrected chi connectivity index (χ1v) is 6.63. The van der Waals surface area contributed by atoms with Gasteiger partial charge in [-0.15, -0.1) is 0 Å². The molecular formula is C15H22N4. The molecular weight excluding hydrogens is 236 g/mol. The Hall–Kier alpha value is -1.84. The van der Waals surface area contributed by atoms with E-state index in [9.17, 15) is 0 Å². The predicted octanol–water partition coefficient (Wildman–Crippen LogP) is 3.52. The highest BCUT2D eigenvalue weighted by Gasteiger charge is 2.21. The number of anilines is 2. The maximum atomic E-state index is 4.54. The fourth-order valence-electron chi connectivity index (χ4n) is 1.72. The predicted molar refractivity (Wildman–Crippen MR) is 81.6 cm³/mol. The van der Waals surface area contributed by atoms with E-state index in [0.29, 0.717) is 12.0 Å². The standard InChI is InChI=1S/C15H22N4/c1-10(15(2,3)4)17-13-11-8-6-7-9-12(11)18-14(16-5)19-13/h6-10H,1-5H3,(H2,16,17,18,19). The Labute approximate surface area is 114 Å². The lowest BCUT2D eigenvalue weighted by Gasteiger charge is -2.29. The molecule has 1 unspecified atom stereocenters. The lowest BCUT2D eigenvalue weighted by Crippen LogP contribution is -2.31. The molecule has 0 spiro atoms. The Kier molecular flexibility index (Phi) is 3.60. The molecule has 2 rings (SSSR count). The molecule has 0 bridgehead atoms. The smallest absolute Gasteiger partial charge is 0.224 e. The topological polar surface area (TPSA) is 49.8 Å². The number of aromatic nitrogens is 2. The summed E-state index contributed by atoms with van der Waals surface area (Å²) in [5.74, 6) is 1.53. The van der Waals surface area contributed by atoms with Crippen molar-refractivity contribution in [3.05, 3.63) is 24.3 Å². The summed E-state index contributed by atoms with van der Waals surface area (Å²) in [6.07, 6.45) is 0. The third-order valence-electron chi connectivity index (χ3n) is 3.48. The van der Waals surface area contributed by atoms with Crippen LogP contribution in [0.4, 0.5) is 11.8 Å². The van der Waals surface area contributed by atoms with Gasteiger partial charge in [-0.05, 0) is 24.5 Å². The molecule has 0 aliphatic heterocycles. The van der Waals surface area contributed by atoms with Gasteiger partial charge < -0.3 is 10.6 Å². The van der Waals surface area contributed by atoms with Crippen molar-refractivity contribution in [1.29, 1.82) is 0 Å². The Morgan fingerprint density at radius 1 is 1.11 bits per heavy atom. The van der Waals surface area contributed by atoms with Gasteiger partial charge in [0.05, 0.1) is 5.52 Å². The van der Waals surface area contributed by atoms with E-state index < -0.39 is 0 Å². The number of rotatable bonds is 3. The molecule has 1 atom stereocenters. The second-order valence-electron chi connectivity index (χ2n) is 5.90. The second-order valence-corrected chi connectivity index (χ2v) is 5.90. The minimum Gasteiger partial charge on any atom is -0.366 e. The van der Waals surface area contributed by atoms with Crippen molar-refractivity contribution < 1.29 is 0 Å². The first-order chi connectivity index (χ1) is 8.91. The van der Waals surface area contributed by atoms with Gasteiger partial charge in [-0.3, -0.25) is 0 Å². The second kappa shape index (κ2) is 5.03. The number of para-hydroxylation sites is 1. The normalized spacial score (nSPS) is 13.3. The lowest BCUT2D eigenvalue weighted by atomic mass is 9.88. The summed E-state index contributed by atoms with van der Waals surface area (Å²) in [5, 5.41) is 7.57. The van der Waals surface area contributed by atoms with Crippen molar-refractivity contribution in [1.82, 2.24) is 9.97 Å². The molecule has 0 aliphatic carbocycles. The summed E-state index contributed by atoms with van der Waals surface area (Å²) in [7, 11) is 1.83. The molecule has 1 aromatic carbocycles. The van der Waals surface area contributed by atoms with E-state index in [1.807, 2.05) is 31.3 Å². The third-order valence-corrected chi connectivity index (χ3v) is 3.48. The fraction of sp³-hybridized carbons (Fsp3) is 0.467. The lowest BCUT2D eigenvalue weighted by molar-refractivity contribution is 0.359. The van der Waals surface area contributed by atoms with Crippen LogP contribution >= 0.6 is 0 Å². The summed E-state index contributed by atoms with van der Waals surface area (Å²) >= 11 is 0. The summed E-state index contributed by atoms with van der Waals surface area (Å²) in [6.45, 7) is 8.82. The van der Waals surface area contributed by atoms with Gasteiger partial charge in [0, 0.05) is 18.5 Å². The van der Waals surface area contributed by atoms with Crippen LogP contribution in [0.5, 0.6) is 0 Å². The summed E-state index contributed by atoms with van der Waals surface area (Å²) in [5.41, 5.74) is 1.12. The fourth-order valence-corrected chi connectivity index (χ4v) is 1.72. The van der Waals surface area contributed by atoms with Gasteiger partial charge in [0.2, 0.25) is 5.95 Å². The monoisotopic (exact) mass is 258 g/mol. The van der Waals surface area contributed by atoms with Crippen LogP contribution in [0.25, 0.3) is 10.9 Å². The number of benzene rings is 1. The van der Waals surface area contributed by atoms with Crippen LogP contribution in [-0.2, 0) is 0 Å². The van der Waals surface area contributed by atoms with E-state index in [0.717, 1.165) is 16.7 Å². The van der Waals surface area contributed by atoms with Gasteiger partial charge in [0.15, 0.2) is 0 Å². The quantitative estimate of drug-likeness (QED) is 0.884. The molecule has 2 N–H and O–H groups in total. The van der Waals surface area contributed by atoms with Crippen molar-refractivity contribution >= 4 is 22.7 Å². The number of nitrogens with one attached hydrogen (secondary N) is 2. The van der Waals surface area contributed by atoms with Crippen molar-refractivity contribution in [2.24, 2.45) is 5.41 Å². The van der Waals surface area contributed by atoms with Crippen LogP contribution in [0.1, 0.15) is 27.7 Å². The van der Waals surface area contributed by atoms with Crippen LogP contribution in [0.3, 0.4) is 0 Å². The summed E-state index contributed by atoms with van der Waals surface area (Å²) in [4.78, 5) is 9.00. The molecule has 0 radical (unpaired) electrons. The highest BCUT2D eigenvalue weighted by atomic mass is 15.1. The van der Waals surface area contributed by atoms with E-state index in [1.54, 1.807) is 0 Å². The molecule has 0 saturated heterocycles. The van der Waals surface area contributed by atoms with E-state index in [2.05, 4.69) is 48.3 Å². The molecule has 0 fully saturated rings. The van der Waals surface area contributed by atoms with Crippen molar-refractivity contribution in [2.45, 2.75) is 33.7 Å². The average Bonchev–Trinajstić information content (AvgIpc) is 2.37. The Morgan fingerprint density at radius 2 is 1.79 bits per heavy atom. The Morgan fingerprint density at radius 3 is 2.42 bits per heavy atom. The van der Waals surface area contributed by atoms with Gasteiger partial charge in [-0.25, -0.2) is 4.98 Å². The Balaban J connectivity index is 2.46. The number of fused-ring (bicyclic) bond motifs is 1. The van der Waals surface area contributed by atoms with Gasteiger partial charge in [0.1, 0.15) is 5.82 Å². The van der Waals surface area contributed by atoms with Crippen LogP contribution < -0.4 is 10.6 Å². The van der Waals surface area contributed by atoms with Gasteiger partial charge in [-0.1, -0.05) is 32.9 Å². The van der Waals surface area contributed by atoms with Crippen LogP contribution in [0, 0.1) is 5.41 Å². The highest BCUT2D eigenvalue weighted by Crippen LogP contribution is 2.26. The van der Waals surface area contributed by atoms with Gasteiger partial charge >= 0.3 is 0 Å². The van der Waals surface area contributed by atoms with Gasteiger partial charge in [0.25, 0.3) is 0 Å². The van der Waals surface area contributed by atoms with Crippen molar-refractivity contribution in [3.63, 3.8) is 0 Å². The zero-order valence-corrected chi connectivity index (χ0v) is 12.3. The Bertz CT molecular complexity index is 572. The van der Waals surface area contributed by atoms with E-state index in [-0.39, 0.29) is 5.41 Å². The van der Waals surface area contributed by atoms with Crippen molar-refractivity contribution in [2.75, 3.05) is 17.7 Å². The zero-order valence-electron chi connectivity index (χ0n) is 12.3. The molecule has 102 valence electrons. The first kappa shape index (κ1) is 13.6. The summed E-state index contributed by atoms with van der Waals surface area (Å²) in [6, 6.07) is 8.37. The summed E-state index contributed by atoms with van der Waals surface area (Å²) < 4.78 is 0. The number of hydrogen-bond acceptors (Lipinski definition) is 4. The van der Waals surface area contributed by atoms with E-state index >= 15 is 0 Å². The van der Waals surface area contributed by atoms with Crippen LogP contribution in [-0.4, -0.2) is 23.1 Å². The molecule has 4 nitrogen and oxygen atoms in total. The van der Waals surface area contributed by atoms with Gasteiger partial charge in [-0.2, -0.15) is 4.98 Å². The van der Waals surface area contributed by atoms with E-state index in [1.165, 1.54) is 0 Å². The maximum absolute atomic E-state index is 4.54. The molecule has 0 aliphatic rings. The van der Waals surface area contributed by atoms with E-state index in [4.69, 9.17) is 0 Å².